The number of fused-ring (bicyclic) bond motifs is 1. The SMILES string of the molecule is COc1cc(C(=O)N2CCC(c3nc4ccccc4o3)CC2)ccc1OCc1ccccc1Cl. The summed E-state index contributed by atoms with van der Waals surface area (Å²) in [6.45, 7) is 1.61. The van der Waals surface area contributed by atoms with Crippen molar-refractivity contribution < 1.29 is 18.7 Å². The largest absolute Gasteiger partial charge is 0.493 e. The number of nitrogens with zero attached hydrogens (tertiary/aromatic N) is 2. The van der Waals surface area contributed by atoms with Crippen LogP contribution in [-0.4, -0.2) is 36.0 Å². The highest BCUT2D eigenvalue weighted by Gasteiger charge is 2.28. The maximum Gasteiger partial charge on any atom is 0.253 e. The van der Waals surface area contributed by atoms with E-state index in [0.717, 1.165) is 35.4 Å². The molecule has 7 heteroatoms. The Kier molecular flexibility index (Phi) is 6.41. The van der Waals surface area contributed by atoms with E-state index in [0.29, 0.717) is 41.8 Å². The Morgan fingerprint density at radius 3 is 2.59 bits per heavy atom. The zero-order valence-corrected chi connectivity index (χ0v) is 19.6. The molecule has 174 valence electrons. The summed E-state index contributed by atoms with van der Waals surface area (Å²) >= 11 is 6.22. The van der Waals surface area contributed by atoms with Crippen LogP contribution in [0, 0.1) is 0 Å². The van der Waals surface area contributed by atoms with Crippen molar-refractivity contribution in [1.29, 1.82) is 0 Å². The van der Waals surface area contributed by atoms with Crippen molar-refractivity contribution in [3.05, 3.63) is 88.8 Å². The van der Waals surface area contributed by atoms with Crippen LogP contribution in [0.1, 0.15) is 40.6 Å². The third kappa shape index (κ3) is 4.59. The summed E-state index contributed by atoms with van der Waals surface area (Å²) in [6, 6.07) is 20.6. The lowest BCUT2D eigenvalue weighted by Gasteiger charge is -2.30. The van der Waals surface area contributed by atoms with E-state index in [1.54, 1.807) is 25.3 Å². The number of piperidine rings is 1. The predicted molar refractivity (Wildman–Crippen MR) is 131 cm³/mol. The van der Waals surface area contributed by atoms with Crippen LogP contribution in [0.15, 0.2) is 71.1 Å². The highest BCUT2D eigenvalue weighted by Crippen LogP contribution is 2.33. The van der Waals surface area contributed by atoms with Crippen molar-refractivity contribution in [2.45, 2.75) is 25.4 Å². The van der Waals surface area contributed by atoms with Gasteiger partial charge in [0, 0.05) is 35.2 Å². The average molecular weight is 477 g/mol. The minimum absolute atomic E-state index is 0.0213. The van der Waals surface area contributed by atoms with Gasteiger partial charge in [0.2, 0.25) is 0 Å². The first kappa shape index (κ1) is 22.3. The number of amides is 1. The third-order valence-corrected chi connectivity index (χ3v) is 6.56. The van der Waals surface area contributed by atoms with Crippen LogP contribution in [0.4, 0.5) is 0 Å². The number of hydrogen-bond donors (Lipinski definition) is 0. The van der Waals surface area contributed by atoms with Gasteiger partial charge < -0.3 is 18.8 Å². The molecule has 1 aliphatic heterocycles. The molecule has 1 aromatic heterocycles. The van der Waals surface area contributed by atoms with Crippen LogP contribution < -0.4 is 9.47 Å². The van der Waals surface area contributed by atoms with Gasteiger partial charge in [-0.05, 0) is 49.2 Å². The second kappa shape index (κ2) is 9.77. The maximum absolute atomic E-state index is 13.2. The van der Waals surface area contributed by atoms with Gasteiger partial charge in [0.1, 0.15) is 12.1 Å². The lowest BCUT2D eigenvalue weighted by Crippen LogP contribution is -2.38. The van der Waals surface area contributed by atoms with E-state index in [2.05, 4.69) is 4.98 Å². The molecule has 0 N–H and O–H groups in total. The molecule has 2 heterocycles. The van der Waals surface area contributed by atoms with E-state index in [4.69, 9.17) is 25.5 Å². The van der Waals surface area contributed by atoms with Crippen LogP contribution in [0.2, 0.25) is 5.02 Å². The van der Waals surface area contributed by atoms with E-state index in [1.165, 1.54) is 0 Å². The van der Waals surface area contributed by atoms with Crippen LogP contribution in [-0.2, 0) is 6.61 Å². The summed E-state index contributed by atoms with van der Waals surface area (Å²) in [5, 5.41) is 0.648. The molecule has 4 aromatic rings. The average Bonchev–Trinajstić information content (AvgIpc) is 3.32. The van der Waals surface area contributed by atoms with Crippen molar-refractivity contribution in [2.75, 3.05) is 20.2 Å². The molecule has 1 amide bonds. The Hall–Kier alpha value is -3.51. The molecule has 5 rings (SSSR count). The van der Waals surface area contributed by atoms with Crippen molar-refractivity contribution >= 4 is 28.6 Å². The van der Waals surface area contributed by atoms with Crippen molar-refractivity contribution in [3.63, 3.8) is 0 Å². The monoisotopic (exact) mass is 476 g/mol. The van der Waals surface area contributed by atoms with Gasteiger partial charge in [-0.1, -0.05) is 41.9 Å². The topological polar surface area (TPSA) is 64.8 Å². The van der Waals surface area contributed by atoms with Crippen LogP contribution in [0.5, 0.6) is 11.5 Å². The molecule has 3 aromatic carbocycles. The van der Waals surface area contributed by atoms with E-state index in [1.807, 2.05) is 53.4 Å². The summed E-state index contributed by atoms with van der Waals surface area (Å²) in [7, 11) is 1.57. The number of ether oxygens (including phenoxy) is 2. The van der Waals surface area contributed by atoms with E-state index >= 15 is 0 Å². The van der Waals surface area contributed by atoms with Gasteiger partial charge in [-0.3, -0.25) is 4.79 Å². The van der Waals surface area contributed by atoms with Gasteiger partial charge in [-0.25, -0.2) is 4.98 Å². The number of methoxy groups -OCH3 is 1. The summed E-state index contributed by atoms with van der Waals surface area (Å²) in [4.78, 5) is 19.7. The van der Waals surface area contributed by atoms with E-state index in [-0.39, 0.29) is 11.8 Å². The Labute approximate surface area is 203 Å². The number of rotatable bonds is 6. The predicted octanol–water partition coefficient (Wildman–Crippen LogP) is 6.09. The minimum Gasteiger partial charge on any atom is -0.493 e. The quantitative estimate of drug-likeness (QED) is 0.337. The summed E-state index contributed by atoms with van der Waals surface area (Å²) in [6.07, 6.45) is 1.63. The number of halogens is 1. The normalized spacial score (nSPS) is 14.4. The zero-order chi connectivity index (χ0) is 23.5. The number of para-hydroxylation sites is 2. The van der Waals surface area contributed by atoms with Gasteiger partial charge in [-0.2, -0.15) is 0 Å². The molecular formula is C27H25ClN2O4. The molecule has 34 heavy (non-hydrogen) atoms. The maximum atomic E-state index is 13.2. The molecule has 6 nitrogen and oxygen atoms in total. The smallest absolute Gasteiger partial charge is 0.253 e. The summed E-state index contributed by atoms with van der Waals surface area (Å²) in [5.41, 5.74) is 3.13. The molecular weight excluding hydrogens is 452 g/mol. The van der Waals surface area contributed by atoms with Crippen molar-refractivity contribution in [2.24, 2.45) is 0 Å². The molecule has 0 radical (unpaired) electrons. The van der Waals surface area contributed by atoms with Gasteiger partial charge in [-0.15, -0.1) is 0 Å². The molecule has 1 fully saturated rings. The van der Waals surface area contributed by atoms with Crippen LogP contribution >= 0.6 is 11.6 Å². The number of oxazole rings is 1. The Morgan fingerprint density at radius 2 is 1.82 bits per heavy atom. The fourth-order valence-corrected chi connectivity index (χ4v) is 4.46. The molecule has 0 aliphatic carbocycles. The van der Waals surface area contributed by atoms with Crippen molar-refractivity contribution in [1.82, 2.24) is 9.88 Å². The standard InChI is InChI=1S/C27H25ClN2O4/c1-32-25-16-19(10-11-24(25)33-17-20-6-2-3-7-21(20)28)27(31)30-14-12-18(13-15-30)26-29-22-8-4-5-9-23(22)34-26/h2-11,16,18H,12-15,17H2,1H3. The first-order chi connectivity index (χ1) is 16.6. The van der Waals surface area contributed by atoms with E-state index < -0.39 is 0 Å². The van der Waals surface area contributed by atoms with Gasteiger partial charge in [0.05, 0.1) is 7.11 Å². The second-order valence-corrected chi connectivity index (χ2v) is 8.74. The highest BCUT2D eigenvalue weighted by molar-refractivity contribution is 6.31. The number of benzene rings is 3. The van der Waals surface area contributed by atoms with Gasteiger partial charge >= 0.3 is 0 Å². The number of carbonyl (C=O) groups excluding carboxylic acids is 1. The first-order valence-corrected chi connectivity index (χ1v) is 11.7. The van der Waals surface area contributed by atoms with Crippen LogP contribution in [0.3, 0.4) is 0 Å². The Balaban J connectivity index is 1.23. The van der Waals surface area contributed by atoms with E-state index in [9.17, 15) is 4.79 Å². The molecule has 0 saturated carbocycles. The second-order valence-electron chi connectivity index (χ2n) is 8.33. The molecule has 0 bridgehead atoms. The number of hydrogen-bond acceptors (Lipinski definition) is 5. The highest BCUT2D eigenvalue weighted by atomic mass is 35.5. The fourth-order valence-electron chi connectivity index (χ4n) is 4.27. The van der Waals surface area contributed by atoms with Crippen molar-refractivity contribution in [3.8, 4) is 11.5 Å². The molecule has 1 aliphatic rings. The van der Waals surface area contributed by atoms with Gasteiger partial charge in [0.15, 0.2) is 23.0 Å². The molecule has 0 unspecified atom stereocenters. The number of carbonyl (C=O) groups is 1. The molecule has 1 saturated heterocycles. The fraction of sp³-hybridized carbons (Fsp3) is 0.259. The third-order valence-electron chi connectivity index (χ3n) is 6.19. The Bertz CT molecular complexity index is 1280. The zero-order valence-electron chi connectivity index (χ0n) is 18.9. The minimum atomic E-state index is -0.0213. The Morgan fingerprint density at radius 1 is 1.06 bits per heavy atom. The molecule has 0 spiro atoms. The molecule has 0 atom stereocenters. The van der Waals surface area contributed by atoms with Gasteiger partial charge in [0.25, 0.3) is 5.91 Å². The summed E-state index contributed by atoms with van der Waals surface area (Å²) < 4.78 is 17.3. The lowest BCUT2D eigenvalue weighted by molar-refractivity contribution is 0.0706. The first-order valence-electron chi connectivity index (χ1n) is 11.3. The number of likely N-dealkylation sites (tertiary alicyclic amines) is 1. The lowest BCUT2D eigenvalue weighted by atomic mass is 9.96. The summed E-state index contributed by atoms with van der Waals surface area (Å²) in [5.74, 6) is 2.03. The number of aromatic nitrogens is 1. The van der Waals surface area contributed by atoms with Crippen LogP contribution in [0.25, 0.3) is 11.1 Å².